The second kappa shape index (κ2) is 7.94. The first-order chi connectivity index (χ1) is 16.3. The van der Waals surface area contributed by atoms with Gasteiger partial charge in [0.15, 0.2) is 0 Å². The molecule has 10 atom stereocenters. The first-order valence-electron chi connectivity index (χ1n) is 14.6. The quantitative estimate of drug-likeness (QED) is 0.234. The Bertz CT molecular complexity index is 920. The second-order valence-corrected chi connectivity index (χ2v) is 15.0. The zero-order valence-electron chi connectivity index (χ0n) is 23.5. The highest BCUT2D eigenvalue weighted by molar-refractivity contribution is 5.66. The number of ether oxygens (including phenoxy) is 1. The average molecular weight is 483 g/mol. The number of carbonyl (C=O) groups is 2. The van der Waals surface area contributed by atoms with Gasteiger partial charge >= 0.3 is 5.97 Å². The maximum atomic E-state index is 12.6. The minimum Gasteiger partial charge on any atom is -0.462 e. The van der Waals surface area contributed by atoms with E-state index in [2.05, 4.69) is 48.1 Å². The van der Waals surface area contributed by atoms with Crippen LogP contribution in [0.15, 0.2) is 12.2 Å². The summed E-state index contributed by atoms with van der Waals surface area (Å²) in [4.78, 5) is 24.5. The first kappa shape index (κ1) is 25.5. The smallest absolute Gasteiger partial charge is 0.302 e. The van der Waals surface area contributed by atoms with E-state index in [0.717, 1.165) is 32.1 Å². The number of aldehydes is 1. The fourth-order valence-corrected chi connectivity index (χ4v) is 11.8. The van der Waals surface area contributed by atoms with E-state index in [1.165, 1.54) is 44.0 Å². The lowest BCUT2D eigenvalue weighted by molar-refractivity contribution is -0.247. The highest BCUT2D eigenvalue weighted by atomic mass is 16.5. The maximum absolute atomic E-state index is 12.6. The van der Waals surface area contributed by atoms with Gasteiger partial charge in [-0.3, -0.25) is 4.79 Å². The molecule has 0 heterocycles. The highest BCUT2D eigenvalue weighted by Gasteiger charge is 2.71. The van der Waals surface area contributed by atoms with Gasteiger partial charge in [0.1, 0.15) is 12.4 Å². The largest absolute Gasteiger partial charge is 0.462 e. The van der Waals surface area contributed by atoms with Crippen LogP contribution in [0.4, 0.5) is 0 Å². The van der Waals surface area contributed by atoms with E-state index in [1.807, 2.05) is 0 Å². The molecule has 0 amide bonds. The molecule has 5 aliphatic rings. The van der Waals surface area contributed by atoms with Gasteiger partial charge in [-0.1, -0.05) is 46.8 Å². The van der Waals surface area contributed by atoms with E-state index in [0.29, 0.717) is 35.0 Å². The summed E-state index contributed by atoms with van der Waals surface area (Å²) in [7, 11) is 0. The fourth-order valence-electron chi connectivity index (χ4n) is 11.8. The van der Waals surface area contributed by atoms with Gasteiger partial charge in [-0.05, 0) is 117 Å². The van der Waals surface area contributed by atoms with Crippen molar-refractivity contribution in [3.05, 3.63) is 12.2 Å². The average Bonchev–Trinajstić information content (AvgIpc) is 3.16. The summed E-state index contributed by atoms with van der Waals surface area (Å²) in [6.07, 6.45) is 13.1. The Kier molecular flexibility index (Phi) is 5.79. The third-order valence-corrected chi connectivity index (χ3v) is 13.6. The van der Waals surface area contributed by atoms with Gasteiger partial charge in [-0.15, -0.1) is 0 Å². The van der Waals surface area contributed by atoms with E-state index in [-0.39, 0.29) is 33.7 Å². The fraction of sp³-hybridized carbons (Fsp3) is 0.875. The van der Waals surface area contributed by atoms with Crippen LogP contribution in [0.2, 0.25) is 0 Å². The Morgan fingerprint density at radius 3 is 2.17 bits per heavy atom. The number of allylic oxidation sites excluding steroid dienone is 1. The Morgan fingerprint density at radius 1 is 0.829 bits per heavy atom. The van der Waals surface area contributed by atoms with Crippen LogP contribution in [0.1, 0.15) is 113 Å². The molecular weight excluding hydrogens is 432 g/mol. The summed E-state index contributed by atoms with van der Waals surface area (Å²) in [6, 6.07) is 0. The SMILES string of the molecule is C=C(C)[C@@H]1CC[C@]2(C=O)CC[C@]3(C)[C@H](CC[C@H]4[C@@]5(C)CC[C@@H](OC(C)=O)C(C)(C)[C@@H]5CC[C@]43C)[C@@H]12. The van der Waals surface area contributed by atoms with Crippen molar-refractivity contribution in [1.29, 1.82) is 0 Å². The van der Waals surface area contributed by atoms with Crippen LogP contribution < -0.4 is 0 Å². The molecule has 5 aliphatic carbocycles. The molecule has 196 valence electrons. The second-order valence-electron chi connectivity index (χ2n) is 15.0. The Labute approximate surface area is 214 Å². The molecule has 0 saturated heterocycles. The molecule has 0 aromatic heterocycles. The number of rotatable bonds is 3. The minimum absolute atomic E-state index is 0.00743. The molecule has 0 aliphatic heterocycles. The number of esters is 1. The van der Waals surface area contributed by atoms with Crippen LogP contribution in [0.5, 0.6) is 0 Å². The van der Waals surface area contributed by atoms with Crippen LogP contribution in [0.3, 0.4) is 0 Å². The predicted molar refractivity (Wildman–Crippen MR) is 141 cm³/mol. The molecule has 0 bridgehead atoms. The maximum Gasteiger partial charge on any atom is 0.302 e. The lowest BCUT2D eigenvalue weighted by Crippen LogP contribution is -2.66. The monoisotopic (exact) mass is 482 g/mol. The molecule has 3 heteroatoms. The van der Waals surface area contributed by atoms with Crippen LogP contribution in [0.25, 0.3) is 0 Å². The lowest BCUT2D eigenvalue weighted by Gasteiger charge is -2.72. The summed E-state index contributed by atoms with van der Waals surface area (Å²) >= 11 is 0. The zero-order chi connectivity index (χ0) is 25.6. The van der Waals surface area contributed by atoms with E-state index in [9.17, 15) is 9.59 Å². The normalized spacial score (nSPS) is 52.3. The Morgan fingerprint density at radius 2 is 1.54 bits per heavy atom. The van der Waals surface area contributed by atoms with Crippen molar-refractivity contribution in [1.82, 2.24) is 0 Å². The molecule has 0 N–H and O–H groups in total. The molecule has 0 unspecified atom stereocenters. The summed E-state index contributed by atoms with van der Waals surface area (Å²) in [5.74, 6) is 2.76. The summed E-state index contributed by atoms with van der Waals surface area (Å²) < 4.78 is 5.89. The van der Waals surface area contributed by atoms with E-state index in [4.69, 9.17) is 4.74 Å². The lowest BCUT2D eigenvalue weighted by atomic mass is 9.32. The van der Waals surface area contributed by atoms with Crippen molar-refractivity contribution >= 4 is 12.3 Å². The molecule has 3 nitrogen and oxygen atoms in total. The van der Waals surface area contributed by atoms with Crippen molar-refractivity contribution in [2.24, 2.45) is 56.7 Å². The molecule has 0 spiro atoms. The first-order valence-corrected chi connectivity index (χ1v) is 14.6. The van der Waals surface area contributed by atoms with E-state index in [1.54, 1.807) is 6.92 Å². The molecule has 5 saturated carbocycles. The number of hydrogen-bond acceptors (Lipinski definition) is 3. The molecule has 5 rings (SSSR count). The summed E-state index contributed by atoms with van der Waals surface area (Å²) in [5.41, 5.74) is 2.05. The predicted octanol–water partition coefficient (Wildman–Crippen LogP) is 7.77. The van der Waals surface area contributed by atoms with E-state index >= 15 is 0 Å². The third kappa shape index (κ3) is 3.21. The molecule has 0 aromatic carbocycles. The molecule has 0 radical (unpaired) electrons. The number of hydrogen-bond donors (Lipinski definition) is 0. The Balaban J connectivity index is 1.51. The van der Waals surface area contributed by atoms with Crippen LogP contribution >= 0.6 is 0 Å². The zero-order valence-corrected chi connectivity index (χ0v) is 23.5. The van der Waals surface area contributed by atoms with E-state index < -0.39 is 0 Å². The Hall–Kier alpha value is -1.12. The van der Waals surface area contributed by atoms with Gasteiger partial charge in [0.05, 0.1) is 0 Å². The standard InChI is InChI=1S/C32H50O3/c1-20(2)22-11-16-32(19-33)18-17-30(7)23(27(22)32)9-10-25-29(6)14-13-26(35-21(3)34)28(4,5)24(29)12-15-31(25,30)8/h19,22-27H,1,9-18H2,2-8H3/t22-,23+,24-,25-,26+,27+,29-,30+,31+,32+/m0/s1. The van der Waals surface area contributed by atoms with Crippen LogP contribution in [-0.2, 0) is 14.3 Å². The van der Waals surface area contributed by atoms with Crippen molar-refractivity contribution < 1.29 is 14.3 Å². The van der Waals surface area contributed by atoms with Crippen molar-refractivity contribution in [3.63, 3.8) is 0 Å². The van der Waals surface area contributed by atoms with Gasteiger partial charge in [0.2, 0.25) is 0 Å². The number of fused-ring (bicyclic) bond motifs is 7. The van der Waals surface area contributed by atoms with Gasteiger partial charge in [-0.2, -0.15) is 0 Å². The van der Waals surface area contributed by atoms with Crippen LogP contribution in [0, 0.1) is 56.7 Å². The molecule has 35 heavy (non-hydrogen) atoms. The molecular formula is C32H50O3. The van der Waals surface area contributed by atoms with Gasteiger partial charge < -0.3 is 9.53 Å². The minimum atomic E-state index is -0.134. The highest BCUT2D eigenvalue weighted by Crippen LogP contribution is 2.77. The summed E-state index contributed by atoms with van der Waals surface area (Å²) in [5, 5.41) is 0. The van der Waals surface area contributed by atoms with Gasteiger partial charge in [0, 0.05) is 17.8 Å². The van der Waals surface area contributed by atoms with Crippen molar-refractivity contribution in [2.75, 3.05) is 0 Å². The molecule has 5 fully saturated rings. The number of carbonyl (C=O) groups excluding carboxylic acids is 2. The van der Waals surface area contributed by atoms with Crippen LogP contribution in [-0.4, -0.2) is 18.4 Å². The van der Waals surface area contributed by atoms with Crippen molar-refractivity contribution in [3.8, 4) is 0 Å². The van der Waals surface area contributed by atoms with Crippen molar-refractivity contribution in [2.45, 2.75) is 119 Å². The third-order valence-electron chi connectivity index (χ3n) is 13.6. The van der Waals surface area contributed by atoms with Gasteiger partial charge in [0.25, 0.3) is 0 Å². The summed E-state index contributed by atoms with van der Waals surface area (Å²) in [6.45, 7) is 20.8. The topological polar surface area (TPSA) is 43.4 Å². The van der Waals surface area contributed by atoms with Gasteiger partial charge in [-0.25, -0.2) is 0 Å². The molecule has 0 aromatic rings.